The summed E-state index contributed by atoms with van der Waals surface area (Å²) in [5.41, 5.74) is 4.07. The topological polar surface area (TPSA) is 88.1 Å². The molecule has 0 aromatic heterocycles. The minimum atomic E-state index is -1.19. The van der Waals surface area contributed by atoms with E-state index < -0.39 is 17.6 Å². The van der Waals surface area contributed by atoms with Crippen LogP contribution in [0.4, 0.5) is 5.69 Å². The number of aryl methyl sites for hydroxylation is 2. The molecule has 2 aliphatic heterocycles. The first-order valence-electron chi connectivity index (χ1n) is 14.3. The molecule has 2 bridgehead atoms. The zero-order valence-corrected chi connectivity index (χ0v) is 23.7. The molecule has 4 aromatic carbocycles. The number of likely N-dealkylation sites (tertiary alicyclic amines) is 1. The standard InChI is InChI=1S/C35H34N2O5/c1-23-12-13-24(2)30(20-23)36-33(39)32-29-21-35(37(18-19-38)34(32)40,42-31-11-7-6-10-28(29)31)26-14-16-27(17-15-26)41-22-25-8-4-3-5-9-25/h3-17,20,29,32,38H,18-19,21-22H2,1-2H3,(H,36,39). The van der Waals surface area contributed by atoms with Crippen molar-refractivity contribution in [3.63, 3.8) is 0 Å². The number of carbonyl (C=O) groups is 2. The number of aliphatic hydroxyl groups excluding tert-OH is 1. The van der Waals surface area contributed by atoms with Crippen LogP contribution in [0, 0.1) is 19.8 Å². The summed E-state index contributed by atoms with van der Waals surface area (Å²) >= 11 is 0. The smallest absolute Gasteiger partial charge is 0.239 e. The Morgan fingerprint density at radius 2 is 1.74 bits per heavy atom. The molecular weight excluding hydrogens is 528 g/mol. The van der Waals surface area contributed by atoms with Crippen molar-refractivity contribution in [1.82, 2.24) is 4.90 Å². The zero-order chi connectivity index (χ0) is 29.3. The fourth-order valence-corrected chi connectivity index (χ4v) is 6.14. The van der Waals surface area contributed by atoms with Crippen molar-refractivity contribution in [3.8, 4) is 11.5 Å². The van der Waals surface area contributed by atoms with Gasteiger partial charge in [0.25, 0.3) is 0 Å². The predicted octanol–water partition coefficient (Wildman–Crippen LogP) is 5.69. The zero-order valence-electron chi connectivity index (χ0n) is 23.7. The number of amides is 2. The Bertz CT molecular complexity index is 1600. The predicted molar refractivity (Wildman–Crippen MR) is 160 cm³/mol. The van der Waals surface area contributed by atoms with Crippen LogP contribution in [0.15, 0.2) is 97.1 Å². The molecule has 4 aromatic rings. The Morgan fingerprint density at radius 3 is 2.50 bits per heavy atom. The number of hydrogen-bond donors (Lipinski definition) is 2. The number of hydrogen-bond acceptors (Lipinski definition) is 5. The summed E-state index contributed by atoms with van der Waals surface area (Å²) in [5.74, 6) is -0.829. The Kier molecular flexibility index (Phi) is 7.43. The number of β-amino-alcohol motifs (C(OH)–C–C–N with tert-alkyl or cyclic N) is 1. The van der Waals surface area contributed by atoms with E-state index in [9.17, 15) is 14.7 Å². The second-order valence-corrected chi connectivity index (χ2v) is 11.0. The first kappa shape index (κ1) is 27.5. The second-order valence-electron chi connectivity index (χ2n) is 11.0. The van der Waals surface area contributed by atoms with Gasteiger partial charge in [-0.2, -0.15) is 0 Å². The van der Waals surface area contributed by atoms with Gasteiger partial charge in [-0.3, -0.25) is 14.5 Å². The van der Waals surface area contributed by atoms with Gasteiger partial charge in [-0.15, -0.1) is 0 Å². The number of nitrogens with one attached hydrogen (secondary N) is 1. The third-order valence-electron chi connectivity index (χ3n) is 8.28. The molecule has 0 saturated carbocycles. The maximum atomic E-state index is 14.3. The Hall–Kier alpha value is -4.62. The number of nitrogens with zero attached hydrogens (tertiary/aromatic N) is 1. The van der Waals surface area contributed by atoms with Gasteiger partial charge in [-0.05, 0) is 72.5 Å². The lowest BCUT2D eigenvalue weighted by molar-refractivity contribution is -0.183. The second kappa shape index (κ2) is 11.3. The summed E-state index contributed by atoms with van der Waals surface area (Å²) in [6.07, 6.45) is 0.366. The van der Waals surface area contributed by atoms with Gasteiger partial charge in [0.1, 0.15) is 24.0 Å². The minimum absolute atomic E-state index is 0.0211. The summed E-state index contributed by atoms with van der Waals surface area (Å²) in [6, 6.07) is 30.9. The quantitative estimate of drug-likeness (QED) is 0.270. The van der Waals surface area contributed by atoms with Crippen LogP contribution in [0.1, 0.15) is 40.2 Å². The van der Waals surface area contributed by atoms with Crippen LogP contribution in [-0.4, -0.2) is 35.0 Å². The molecule has 2 N–H and O–H groups in total. The van der Waals surface area contributed by atoms with Crippen LogP contribution in [0.3, 0.4) is 0 Å². The van der Waals surface area contributed by atoms with Crippen molar-refractivity contribution >= 4 is 17.5 Å². The highest BCUT2D eigenvalue weighted by molar-refractivity contribution is 6.08. The molecule has 2 aliphatic rings. The minimum Gasteiger partial charge on any atom is -0.489 e. The Morgan fingerprint density at radius 1 is 1.00 bits per heavy atom. The van der Waals surface area contributed by atoms with E-state index in [1.54, 1.807) is 0 Å². The van der Waals surface area contributed by atoms with Gasteiger partial charge in [-0.25, -0.2) is 0 Å². The van der Waals surface area contributed by atoms with E-state index in [2.05, 4.69) is 5.32 Å². The number of aliphatic hydroxyl groups is 1. The fraction of sp³-hybridized carbons (Fsp3) is 0.257. The maximum Gasteiger partial charge on any atom is 0.239 e. The van der Waals surface area contributed by atoms with Crippen molar-refractivity contribution in [2.75, 3.05) is 18.5 Å². The lowest BCUT2D eigenvalue weighted by Gasteiger charge is -2.54. The number of anilines is 1. The van der Waals surface area contributed by atoms with Crippen molar-refractivity contribution in [2.45, 2.75) is 38.5 Å². The molecule has 42 heavy (non-hydrogen) atoms. The molecule has 6 rings (SSSR count). The van der Waals surface area contributed by atoms with Crippen LogP contribution < -0.4 is 14.8 Å². The highest BCUT2D eigenvalue weighted by Crippen LogP contribution is 2.54. The summed E-state index contributed by atoms with van der Waals surface area (Å²) < 4.78 is 12.7. The number of piperidine rings is 1. The highest BCUT2D eigenvalue weighted by atomic mass is 16.5. The summed E-state index contributed by atoms with van der Waals surface area (Å²) in [7, 11) is 0. The summed E-state index contributed by atoms with van der Waals surface area (Å²) in [5, 5.41) is 13.1. The molecule has 0 aliphatic carbocycles. The lowest BCUT2D eigenvalue weighted by Crippen LogP contribution is -2.64. The van der Waals surface area contributed by atoms with Crippen LogP contribution in [0.5, 0.6) is 11.5 Å². The monoisotopic (exact) mass is 562 g/mol. The van der Waals surface area contributed by atoms with Crippen LogP contribution >= 0.6 is 0 Å². The number of carbonyl (C=O) groups excluding carboxylic acids is 2. The van der Waals surface area contributed by atoms with E-state index in [1.807, 2.05) is 111 Å². The first-order chi connectivity index (χ1) is 20.4. The van der Waals surface area contributed by atoms with Gasteiger partial charge < -0.3 is 19.9 Å². The number of fused-ring (bicyclic) bond motifs is 4. The largest absolute Gasteiger partial charge is 0.489 e. The third kappa shape index (κ3) is 5.01. The molecule has 7 nitrogen and oxygen atoms in total. The average molecular weight is 563 g/mol. The molecule has 7 heteroatoms. The normalized spacial score (nSPS) is 20.8. The molecule has 214 valence electrons. The van der Waals surface area contributed by atoms with Crippen molar-refractivity contribution in [3.05, 3.63) is 125 Å². The molecule has 3 atom stereocenters. The van der Waals surface area contributed by atoms with Crippen LogP contribution in [0.25, 0.3) is 0 Å². The SMILES string of the molecule is Cc1ccc(C)c(NC(=O)C2C(=O)N(CCO)C3(c4ccc(OCc5ccccc5)cc4)CC2c2ccccc2O3)c1. The lowest BCUT2D eigenvalue weighted by atomic mass is 9.71. The molecule has 2 heterocycles. The average Bonchev–Trinajstić information content (AvgIpc) is 3.01. The molecular formula is C35H34N2O5. The van der Waals surface area contributed by atoms with Crippen molar-refractivity contribution in [2.24, 2.45) is 5.92 Å². The van der Waals surface area contributed by atoms with Gasteiger partial charge in [-0.1, -0.05) is 60.7 Å². The van der Waals surface area contributed by atoms with E-state index in [4.69, 9.17) is 9.47 Å². The van der Waals surface area contributed by atoms with Gasteiger partial charge >= 0.3 is 0 Å². The van der Waals surface area contributed by atoms with Gasteiger partial charge in [0.05, 0.1) is 6.61 Å². The van der Waals surface area contributed by atoms with E-state index in [0.29, 0.717) is 30.2 Å². The van der Waals surface area contributed by atoms with E-state index in [0.717, 1.165) is 27.8 Å². The van der Waals surface area contributed by atoms with Crippen LogP contribution in [-0.2, 0) is 21.9 Å². The molecule has 2 amide bonds. The van der Waals surface area contributed by atoms with Gasteiger partial charge in [0, 0.05) is 30.1 Å². The Labute approximate surface area is 245 Å². The van der Waals surface area contributed by atoms with E-state index in [1.165, 1.54) is 4.90 Å². The molecule has 0 radical (unpaired) electrons. The number of rotatable bonds is 8. The molecule has 3 unspecified atom stereocenters. The third-order valence-corrected chi connectivity index (χ3v) is 8.28. The van der Waals surface area contributed by atoms with Crippen molar-refractivity contribution < 1.29 is 24.2 Å². The Balaban J connectivity index is 1.36. The van der Waals surface area contributed by atoms with Gasteiger partial charge in [0.2, 0.25) is 17.5 Å². The summed E-state index contributed by atoms with van der Waals surface area (Å²) in [6.45, 7) is 4.08. The fourth-order valence-electron chi connectivity index (χ4n) is 6.14. The number of ether oxygens (including phenoxy) is 2. The van der Waals surface area contributed by atoms with Crippen LogP contribution in [0.2, 0.25) is 0 Å². The number of benzene rings is 4. The summed E-state index contributed by atoms with van der Waals surface area (Å²) in [4.78, 5) is 29.7. The van der Waals surface area contributed by atoms with E-state index >= 15 is 0 Å². The highest BCUT2D eigenvalue weighted by Gasteiger charge is 2.59. The molecule has 1 fully saturated rings. The van der Waals surface area contributed by atoms with E-state index in [-0.39, 0.29) is 25.0 Å². The van der Waals surface area contributed by atoms with Gasteiger partial charge in [0.15, 0.2) is 0 Å². The van der Waals surface area contributed by atoms with Crippen molar-refractivity contribution in [1.29, 1.82) is 0 Å². The number of para-hydroxylation sites is 1. The molecule has 0 spiro atoms. The maximum absolute atomic E-state index is 14.3. The molecule has 1 saturated heterocycles. The first-order valence-corrected chi connectivity index (χ1v) is 14.3.